The van der Waals surface area contributed by atoms with Crippen molar-refractivity contribution in [3.63, 3.8) is 0 Å². The van der Waals surface area contributed by atoms with Crippen LogP contribution in [0.25, 0.3) is 0 Å². The van der Waals surface area contributed by atoms with Crippen LogP contribution in [-0.4, -0.2) is 60.4 Å². The zero-order chi connectivity index (χ0) is 21.9. The highest BCUT2D eigenvalue weighted by Gasteiger charge is 2.46. The topological polar surface area (TPSA) is 113 Å². The summed E-state index contributed by atoms with van der Waals surface area (Å²) < 4.78 is 18.2. The second kappa shape index (κ2) is 7.78. The molecule has 3 atom stereocenters. The maximum Gasteiger partial charge on any atom is 0.238 e. The number of nitrogens with zero attached hydrogens (tertiary/aromatic N) is 5. The summed E-state index contributed by atoms with van der Waals surface area (Å²) in [6, 6.07) is 0. The molecule has 2 N–H and O–H groups in total. The van der Waals surface area contributed by atoms with Gasteiger partial charge in [0.1, 0.15) is 21.5 Å². The lowest BCUT2D eigenvalue weighted by Crippen LogP contribution is -2.49. The van der Waals surface area contributed by atoms with Gasteiger partial charge in [-0.2, -0.15) is 9.97 Å². The van der Waals surface area contributed by atoms with E-state index in [0.29, 0.717) is 45.3 Å². The number of fused-ring (bicyclic) bond motifs is 3. The average molecular weight is 477 g/mol. The third-order valence-electron chi connectivity index (χ3n) is 7.40. The van der Waals surface area contributed by atoms with Gasteiger partial charge in [-0.15, -0.1) is 0 Å². The molecule has 2 aliphatic heterocycles. The minimum Gasteiger partial charge on any atom is -0.463 e. The van der Waals surface area contributed by atoms with Crippen LogP contribution in [0.3, 0.4) is 0 Å². The standard InChI is InChI=1S/C21H25ClN6O3S/c22-14-6-23-17(24-7-14)15-12-2-3-13(15)9-28(8-12)20-25-18(27-21(10-29)4-1-5-21)16-19(26-20)31-11-32(16)30/h6-7,12-13,15,29H,1-5,8-11H2,(H,25,26,27)/t12?,13?,15?,32-/m1/s1. The molecule has 2 bridgehead atoms. The summed E-state index contributed by atoms with van der Waals surface area (Å²) in [5.74, 6) is 3.60. The largest absolute Gasteiger partial charge is 0.463 e. The van der Waals surface area contributed by atoms with Crippen LogP contribution < -0.4 is 15.0 Å². The SMILES string of the molecule is O=[S@@]1COc2nc(N3CC4CCC(C3)C4c3ncc(Cl)cn3)nc(NC3(CO)CCC3)c21. The van der Waals surface area contributed by atoms with Gasteiger partial charge in [0.25, 0.3) is 0 Å². The summed E-state index contributed by atoms with van der Waals surface area (Å²) in [6.07, 6.45) is 8.35. The number of aliphatic hydroxyl groups excluding tert-OH is 1. The summed E-state index contributed by atoms with van der Waals surface area (Å²) >= 11 is 5.98. The van der Waals surface area contributed by atoms with Crippen LogP contribution in [0.4, 0.5) is 11.8 Å². The van der Waals surface area contributed by atoms with Gasteiger partial charge in [0, 0.05) is 31.4 Å². The summed E-state index contributed by atoms with van der Waals surface area (Å²) in [7, 11) is -1.31. The van der Waals surface area contributed by atoms with E-state index in [1.165, 1.54) is 0 Å². The Morgan fingerprint density at radius 3 is 2.56 bits per heavy atom. The third kappa shape index (κ3) is 3.34. The first-order valence-electron chi connectivity index (χ1n) is 11.1. The van der Waals surface area contributed by atoms with Crippen LogP contribution in [-0.2, 0) is 10.8 Å². The molecule has 0 aromatic carbocycles. The molecular formula is C21H25ClN6O3S. The molecule has 2 unspecified atom stereocenters. The number of hydrogen-bond donors (Lipinski definition) is 2. The zero-order valence-electron chi connectivity index (χ0n) is 17.5. The second-order valence-electron chi connectivity index (χ2n) is 9.32. The highest BCUT2D eigenvalue weighted by Crippen LogP contribution is 2.48. The summed E-state index contributed by atoms with van der Waals surface area (Å²) in [5, 5.41) is 13.9. The van der Waals surface area contributed by atoms with Gasteiger partial charge in [-0.1, -0.05) is 11.6 Å². The highest BCUT2D eigenvalue weighted by atomic mass is 35.5. The van der Waals surface area contributed by atoms with Gasteiger partial charge in [0.2, 0.25) is 11.8 Å². The van der Waals surface area contributed by atoms with Gasteiger partial charge < -0.3 is 20.1 Å². The lowest BCUT2D eigenvalue weighted by molar-refractivity contribution is 0.143. The van der Waals surface area contributed by atoms with Crippen molar-refractivity contribution in [1.82, 2.24) is 19.9 Å². The van der Waals surface area contributed by atoms with Crippen molar-refractivity contribution in [3.8, 4) is 5.88 Å². The van der Waals surface area contributed by atoms with E-state index in [1.54, 1.807) is 12.4 Å². The predicted molar refractivity (Wildman–Crippen MR) is 119 cm³/mol. The third-order valence-corrected chi connectivity index (χ3v) is 8.76. The number of anilines is 2. The van der Waals surface area contributed by atoms with E-state index in [0.717, 1.165) is 51.0 Å². The number of aromatic nitrogens is 4. The normalized spacial score (nSPS) is 29.9. The van der Waals surface area contributed by atoms with Crippen LogP contribution in [0.2, 0.25) is 5.02 Å². The molecule has 0 radical (unpaired) electrons. The molecule has 170 valence electrons. The van der Waals surface area contributed by atoms with Crippen LogP contribution in [0, 0.1) is 11.8 Å². The number of ether oxygens (including phenoxy) is 1. The molecule has 3 fully saturated rings. The van der Waals surface area contributed by atoms with Gasteiger partial charge in [0.15, 0.2) is 11.8 Å². The summed E-state index contributed by atoms with van der Waals surface area (Å²) in [6.45, 7) is 1.63. The molecule has 2 aromatic rings. The molecule has 4 heterocycles. The Balaban J connectivity index is 1.30. The number of hydrogen-bond acceptors (Lipinski definition) is 9. The van der Waals surface area contributed by atoms with E-state index in [4.69, 9.17) is 21.3 Å². The molecule has 11 heteroatoms. The van der Waals surface area contributed by atoms with Gasteiger partial charge in [-0.05, 0) is 43.9 Å². The van der Waals surface area contributed by atoms with Crippen molar-refractivity contribution in [2.75, 3.05) is 35.9 Å². The number of nitrogens with one attached hydrogen (secondary N) is 1. The van der Waals surface area contributed by atoms with E-state index in [-0.39, 0.29) is 12.5 Å². The van der Waals surface area contributed by atoms with Crippen molar-refractivity contribution in [1.29, 1.82) is 0 Å². The lowest BCUT2D eigenvalue weighted by Gasteiger charge is -2.42. The maximum atomic E-state index is 12.6. The van der Waals surface area contributed by atoms with E-state index in [2.05, 4.69) is 25.2 Å². The Morgan fingerprint density at radius 1 is 1.22 bits per heavy atom. The Labute approximate surface area is 193 Å². The first-order chi connectivity index (χ1) is 15.5. The van der Waals surface area contributed by atoms with Crippen LogP contribution in [0.1, 0.15) is 43.8 Å². The van der Waals surface area contributed by atoms with Crippen molar-refractivity contribution in [2.45, 2.75) is 48.5 Å². The van der Waals surface area contributed by atoms with Crippen LogP contribution in [0.15, 0.2) is 17.3 Å². The molecule has 2 aliphatic carbocycles. The smallest absolute Gasteiger partial charge is 0.238 e. The molecule has 6 rings (SSSR count). The molecule has 0 amide bonds. The van der Waals surface area contributed by atoms with Crippen molar-refractivity contribution in [2.24, 2.45) is 11.8 Å². The highest BCUT2D eigenvalue weighted by molar-refractivity contribution is 7.85. The fraction of sp³-hybridized carbons (Fsp3) is 0.619. The number of rotatable bonds is 5. The molecular weight excluding hydrogens is 452 g/mol. The monoisotopic (exact) mass is 476 g/mol. The second-order valence-corrected chi connectivity index (χ2v) is 11.1. The number of aliphatic hydroxyl groups is 1. The first kappa shape index (κ1) is 20.6. The van der Waals surface area contributed by atoms with Gasteiger partial charge in [-0.25, -0.2) is 9.97 Å². The lowest BCUT2D eigenvalue weighted by atomic mass is 9.77. The molecule has 2 aromatic heterocycles. The van der Waals surface area contributed by atoms with E-state index < -0.39 is 16.3 Å². The van der Waals surface area contributed by atoms with Gasteiger partial charge in [0.05, 0.1) is 17.2 Å². The fourth-order valence-electron chi connectivity index (χ4n) is 5.60. The van der Waals surface area contributed by atoms with E-state index >= 15 is 0 Å². The van der Waals surface area contributed by atoms with Crippen molar-refractivity contribution < 1.29 is 14.1 Å². The maximum absolute atomic E-state index is 12.6. The minimum atomic E-state index is -1.31. The quantitative estimate of drug-likeness (QED) is 0.671. The molecule has 4 aliphatic rings. The van der Waals surface area contributed by atoms with E-state index in [1.807, 2.05) is 0 Å². The van der Waals surface area contributed by atoms with E-state index in [9.17, 15) is 9.32 Å². The fourth-order valence-corrected chi connectivity index (χ4v) is 6.64. The molecule has 0 spiro atoms. The predicted octanol–water partition coefficient (Wildman–Crippen LogP) is 2.33. The van der Waals surface area contributed by atoms with Crippen LogP contribution in [0.5, 0.6) is 5.88 Å². The molecule has 1 saturated heterocycles. The van der Waals surface area contributed by atoms with Gasteiger partial charge >= 0.3 is 0 Å². The number of halogens is 1. The van der Waals surface area contributed by atoms with Gasteiger partial charge in [-0.3, -0.25) is 4.21 Å². The van der Waals surface area contributed by atoms with Crippen LogP contribution >= 0.6 is 11.6 Å². The average Bonchev–Trinajstić information content (AvgIpc) is 3.27. The van der Waals surface area contributed by atoms with Crippen molar-refractivity contribution >= 4 is 34.2 Å². The number of piperidine rings is 1. The minimum absolute atomic E-state index is 0.0191. The molecule has 32 heavy (non-hydrogen) atoms. The Bertz CT molecular complexity index is 1050. The Kier molecular flexibility index (Phi) is 5.00. The Morgan fingerprint density at radius 2 is 1.94 bits per heavy atom. The molecule has 9 nitrogen and oxygen atoms in total. The summed E-state index contributed by atoms with van der Waals surface area (Å²) in [5.41, 5.74) is -0.399. The first-order valence-corrected chi connectivity index (χ1v) is 12.8. The molecule has 2 saturated carbocycles. The van der Waals surface area contributed by atoms with Crippen molar-refractivity contribution in [3.05, 3.63) is 23.2 Å². The zero-order valence-corrected chi connectivity index (χ0v) is 19.1. The summed E-state index contributed by atoms with van der Waals surface area (Å²) in [4.78, 5) is 21.2. The Hall–Kier alpha value is -2.04.